The summed E-state index contributed by atoms with van der Waals surface area (Å²) in [4.78, 5) is 41.6. The molecule has 2 aromatic carbocycles. The Balaban J connectivity index is 1.19. The molecule has 12 heteroatoms. The molecule has 3 heterocycles. The topological polar surface area (TPSA) is 126 Å². The molecule has 2 N–H and O–H groups in total. The number of aliphatic hydroxyl groups is 1. The zero-order valence-corrected chi connectivity index (χ0v) is 22.0. The number of piperidine rings is 1. The number of carbonyl (C=O) groups is 3. The first-order valence-corrected chi connectivity index (χ1v) is 13.0. The molecule has 0 saturated carbocycles. The van der Waals surface area contributed by atoms with Gasteiger partial charge in [-0.3, -0.25) is 9.59 Å². The van der Waals surface area contributed by atoms with Crippen LogP contribution in [0.5, 0.6) is 11.5 Å². The highest BCUT2D eigenvalue weighted by Gasteiger charge is 2.31. The lowest BCUT2D eigenvalue weighted by Gasteiger charge is -2.29. The van der Waals surface area contributed by atoms with Gasteiger partial charge >= 0.3 is 6.03 Å². The third-order valence-corrected chi connectivity index (χ3v) is 6.94. The van der Waals surface area contributed by atoms with Crippen LogP contribution >= 0.6 is 0 Å². The number of likely N-dealkylation sites (tertiary alicyclic amines) is 1. The number of anilines is 1. The number of aliphatic hydroxyl groups excluding tert-OH is 1. The Kier molecular flexibility index (Phi) is 7.96. The van der Waals surface area contributed by atoms with Crippen molar-refractivity contribution >= 4 is 23.5 Å². The second-order valence-corrected chi connectivity index (χ2v) is 9.84. The van der Waals surface area contributed by atoms with E-state index >= 15 is 0 Å². The van der Waals surface area contributed by atoms with Gasteiger partial charge < -0.3 is 29.7 Å². The number of nitrogens with one attached hydrogen (secondary N) is 1. The van der Waals surface area contributed by atoms with E-state index in [1.165, 1.54) is 29.4 Å². The van der Waals surface area contributed by atoms with E-state index in [0.717, 1.165) is 10.2 Å². The van der Waals surface area contributed by atoms with Crippen LogP contribution < -0.4 is 19.7 Å². The lowest BCUT2D eigenvalue weighted by atomic mass is 10.1. The van der Waals surface area contributed by atoms with Crippen molar-refractivity contribution in [2.24, 2.45) is 0 Å². The van der Waals surface area contributed by atoms with Gasteiger partial charge in [0.05, 0.1) is 18.0 Å². The largest absolute Gasteiger partial charge is 0.489 e. The van der Waals surface area contributed by atoms with Crippen LogP contribution in [0, 0.1) is 5.82 Å². The standard InChI is InChI=1S/C28H30FN5O6/c1-32-24-13-22(39-17-26(36)33-9-7-21(35)8-10-33)5-6-25(24)40-16-23(27(32)37)31-28(38)34-15-19(14-30-34)11-18-3-2-4-20(29)12-18/h2-6,12-15,21,23,35H,7-11,16-17H2,1H3,(H,31,38)/t23-/m0/s1. The number of ether oxygens (including phenoxy) is 2. The molecule has 0 unspecified atom stereocenters. The summed E-state index contributed by atoms with van der Waals surface area (Å²) in [7, 11) is 1.56. The zero-order chi connectivity index (χ0) is 28.2. The van der Waals surface area contributed by atoms with E-state index in [-0.39, 0.29) is 31.0 Å². The van der Waals surface area contributed by atoms with E-state index in [0.29, 0.717) is 55.1 Å². The summed E-state index contributed by atoms with van der Waals surface area (Å²) in [5.74, 6) is -0.113. The maximum absolute atomic E-state index is 13.5. The highest BCUT2D eigenvalue weighted by molar-refractivity contribution is 6.00. The number of fused-ring (bicyclic) bond motifs is 1. The summed E-state index contributed by atoms with van der Waals surface area (Å²) in [5.41, 5.74) is 1.88. The van der Waals surface area contributed by atoms with Gasteiger partial charge in [-0.15, -0.1) is 0 Å². The molecule has 2 aliphatic heterocycles. The molecule has 11 nitrogen and oxygen atoms in total. The number of carbonyl (C=O) groups excluding carboxylic acids is 3. The van der Waals surface area contributed by atoms with Crippen LogP contribution in [0.25, 0.3) is 0 Å². The van der Waals surface area contributed by atoms with Crippen LogP contribution in [0.3, 0.4) is 0 Å². The van der Waals surface area contributed by atoms with Crippen LogP contribution in [-0.4, -0.2) is 83.1 Å². The van der Waals surface area contributed by atoms with E-state index in [1.54, 1.807) is 42.3 Å². The molecule has 5 rings (SSSR count). The summed E-state index contributed by atoms with van der Waals surface area (Å²) < 4.78 is 26.1. The minimum Gasteiger partial charge on any atom is -0.489 e. The van der Waals surface area contributed by atoms with Gasteiger partial charge in [-0.2, -0.15) is 9.78 Å². The normalized spacial score (nSPS) is 17.6. The molecule has 2 aliphatic rings. The second-order valence-electron chi connectivity index (χ2n) is 9.84. The van der Waals surface area contributed by atoms with E-state index in [4.69, 9.17) is 9.47 Å². The van der Waals surface area contributed by atoms with Gasteiger partial charge in [-0.1, -0.05) is 12.1 Å². The fourth-order valence-corrected chi connectivity index (χ4v) is 4.68. The molecular formula is C28H30FN5O6. The van der Waals surface area contributed by atoms with Crippen molar-refractivity contribution in [3.63, 3.8) is 0 Å². The summed E-state index contributed by atoms with van der Waals surface area (Å²) in [6.45, 7) is 0.702. The minimum atomic E-state index is -0.985. The van der Waals surface area contributed by atoms with E-state index in [1.807, 2.05) is 0 Å². The van der Waals surface area contributed by atoms with Crippen molar-refractivity contribution in [2.45, 2.75) is 31.4 Å². The summed E-state index contributed by atoms with van der Waals surface area (Å²) in [5, 5.41) is 16.4. The highest BCUT2D eigenvalue weighted by atomic mass is 19.1. The van der Waals surface area contributed by atoms with Crippen molar-refractivity contribution in [1.82, 2.24) is 20.0 Å². The van der Waals surface area contributed by atoms with Crippen molar-refractivity contribution in [3.05, 3.63) is 71.8 Å². The number of hydrogen-bond donors (Lipinski definition) is 2. The first kappa shape index (κ1) is 27.1. The number of aromatic nitrogens is 2. The molecule has 1 atom stereocenters. The van der Waals surface area contributed by atoms with E-state index in [2.05, 4.69) is 10.4 Å². The van der Waals surface area contributed by atoms with Crippen molar-refractivity contribution in [3.8, 4) is 11.5 Å². The third kappa shape index (κ3) is 6.23. The molecule has 1 fully saturated rings. The average Bonchev–Trinajstić information content (AvgIpc) is 3.38. The molecule has 0 aliphatic carbocycles. The number of halogens is 1. The lowest BCUT2D eigenvalue weighted by Crippen LogP contribution is -2.50. The fraction of sp³-hybridized carbons (Fsp3) is 0.357. The lowest BCUT2D eigenvalue weighted by molar-refractivity contribution is -0.135. The highest BCUT2D eigenvalue weighted by Crippen LogP contribution is 2.34. The number of benzene rings is 2. The number of nitrogens with zero attached hydrogens (tertiary/aromatic N) is 4. The summed E-state index contributed by atoms with van der Waals surface area (Å²) in [6.07, 6.45) is 4.15. The van der Waals surface area contributed by atoms with E-state index < -0.39 is 18.0 Å². The minimum absolute atomic E-state index is 0.0984. The molecule has 0 radical (unpaired) electrons. The summed E-state index contributed by atoms with van der Waals surface area (Å²) >= 11 is 0. The molecule has 3 amide bonds. The molecule has 3 aromatic rings. The van der Waals surface area contributed by atoms with Gasteiger partial charge in [0, 0.05) is 38.8 Å². The van der Waals surface area contributed by atoms with Crippen molar-refractivity contribution in [2.75, 3.05) is 38.3 Å². The Morgan fingerprint density at radius 2 is 1.98 bits per heavy atom. The smallest absolute Gasteiger partial charge is 0.342 e. The Labute approximate surface area is 230 Å². The van der Waals surface area contributed by atoms with Gasteiger partial charge in [0.2, 0.25) is 0 Å². The first-order chi connectivity index (χ1) is 19.3. The fourth-order valence-electron chi connectivity index (χ4n) is 4.68. The monoisotopic (exact) mass is 551 g/mol. The van der Waals surface area contributed by atoms with Gasteiger partial charge in [-0.25, -0.2) is 9.18 Å². The van der Waals surface area contributed by atoms with Crippen LogP contribution in [0.4, 0.5) is 14.9 Å². The third-order valence-electron chi connectivity index (χ3n) is 6.94. The Bertz CT molecular complexity index is 1400. The SMILES string of the molecule is CN1C(=O)[C@@H](NC(=O)n2cc(Cc3cccc(F)c3)cn2)COc2ccc(OCC(=O)N3CCC(O)CC3)cc21. The number of amides is 3. The van der Waals surface area contributed by atoms with Crippen molar-refractivity contribution < 1.29 is 33.4 Å². The predicted octanol–water partition coefficient (Wildman–Crippen LogP) is 1.96. The summed E-state index contributed by atoms with van der Waals surface area (Å²) in [6, 6.07) is 9.48. The molecule has 40 heavy (non-hydrogen) atoms. The zero-order valence-electron chi connectivity index (χ0n) is 22.0. The Morgan fingerprint density at radius 3 is 2.75 bits per heavy atom. The van der Waals surface area contributed by atoms with Crippen molar-refractivity contribution in [1.29, 1.82) is 0 Å². The molecule has 0 spiro atoms. The van der Waals surface area contributed by atoms with Gasteiger partial charge in [0.1, 0.15) is 30.0 Å². The van der Waals surface area contributed by atoms with E-state index in [9.17, 15) is 23.9 Å². The maximum Gasteiger partial charge on any atom is 0.342 e. The number of rotatable bonds is 6. The molecule has 210 valence electrons. The maximum atomic E-state index is 13.5. The predicted molar refractivity (Wildman–Crippen MR) is 142 cm³/mol. The molecule has 0 bridgehead atoms. The van der Waals surface area contributed by atoms with Crippen LogP contribution in [0.15, 0.2) is 54.9 Å². The molecule has 1 saturated heterocycles. The first-order valence-electron chi connectivity index (χ1n) is 13.0. The Morgan fingerprint density at radius 1 is 1.18 bits per heavy atom. The quantitative estimate of drug-likeness (QED) is 0.480. The van der Waals surface area contributed by atoms with Gasteiger partial charge in [-0.05, 0) is 48.2 Å². The Hall–Kier alpha value is -4.45. The molecule has 1 aromatic heterocycles. The number of likely N-dealkylation sites (N-methyl/N-ethyl adjacent to an activating group) is 1. The van der Waals surface area contributed by atoms with Gasteiger partial charge in [0.25, 0.3) is 11.8 Å². The van der Waals surface area contributed by atoms with Crippen LogP contribution in [-0.2, 0) is 16.0 Å². The van der Waals surface area contributed by atoms with Gasteiger partial charge in [0.15, 0.2) is 6.61 Å². The molecular weight excluding hydrogens is 521 g/mol. The number of hydrogen-bond acceptors (Lipinski definition) is 7. The average molecular weight is 552 g/mol. The van der Waals surface area contributed by atoms with Crippen LogP contribution in [0.2, 0.25) is 0 Å². The van der Waals surface area contributed by atoms with Crippen LogP contribution in [0.1, 0.15) is 24.0 Å². The second kappa shape index (κ2) is 11.7.